The van der Waals surface area contributed by atoms with Crippen LogP contribution in [0.5, 0.6) is 0 Å². The minimum atomic E-state index is -0.175. The van der Waals surface area contributed by atoms with Gasteiger partial charge in [-0.2, -0.15) is 0 Å². The summed E-state index contributed by atoms with van der Waals surface area (Å²) in [6.07, 6.45) is 14.1. The number of hydrogen-bond donors (Lipinski definition) is 1. The Bertz CT molecular complexity index is 840. The van der Waals surface area contributed by atoms with Gasteiger partial charge in [-0.1, -0.05) is 67.0 Å². The lowest BCUT2D eigenvalue weighted by Gasteiger charge is -2.72. The molecule has 5 unspecified atom stereocenters. The molecule has 0 saturated heterocycles. The number of allylic oxidation sites excluding steroid dienone is 1. The van der Waals surface area contributed by atoms with Crippen molar-refractivity contribution in [2.75, 3.05) is 7.11 Å². The van der Waals surface area contributed by atoms with Crippen LogP contribution in [0, 0.1) is 50.2 Å². The number of fused-ring (bicyclic) bond motifs is 7. The van der Waals surface area contributed by atoms with Gasteiger partial charge in [-0.05, 0) is 102 Å². The standard InChI is InChI=1S/C31H52O2/c1-26(2)14-15-28(5)16-17-30(7)20(21(28)19-26)18-22(33-9)25-29(6)12-11-24(32)27(3,4)23(29)10-13-31(25,30)8/h18,21-25,32H,10-17,19H2,1-9H3/t21?,22?,23?,24?,25?,28-,29+,30-,31-/m1/s1. The molecule has 0 aromatic heterocycles. The summed E-state index contributed by atoms with van der Waals surface area (Å²) >= 11 is 0. The average Bonchev–Trinajstić information content (AvgIpc) is 2.72. The highest BCUT2D eigenvalue weighted by molar-refractivity contribution is 5.35. The van der Waals surface area contributed by atoms with Crippen LogP contribution >= 0.6 is 0 Å². The Kier molecular flexibility index (Phi) is 5.25. The predicted molar refractivity (Wildman–Crippen MR) is 137 cm³/mol. The predicted octanol–water partition coefficient (Wildman–Crippen LogP) is 7.79. The van der Waals surface area contributed by atoms with E-state index < -0.39 is 0 Å². The van der Waals surface area contributed by atoms with Crippen LogP contribution in [0.2, 0.25) is 0 Å². The monoisotopic (exact) mass is 456 g/mol. The molecule has 0 aromatic rings. The molecule has 2 heteroatoms. The van der Waals surface area contributed by atoms with E-state index in [2.05, 4.69) is 61.5 Å². The summed E-state index contributed by atoms with van der Waals surface area (Å²) in [5, 5.41) is 11.0. The van der Waals surface area contributed by atoms with Crippen molar-refractivity contribution in [3.63, 3.8) is 0 Å². The van der Waals surface area contributed by atoms with Crippen LogP contribution in [-0.2, 0) is 4.74 Å². The second-order valence-electron chi connectivity index (χ2n) is 15.6. The minimum absolute atomic E-state index is 0.0178. The molecule has 4 saturated carbocycles. The molecule has 0 amide bonds. The molecule has 5 aliphatic rings. The van der Waals surface area contributed by atoms with Crippen molar-refractivity contribution in [3.05, 3.63) is 11.6 Å². The highest BCUT2D eigenvalue weighted by atomic mass is 16.5. The maximum atomic E-state index is 11.0. The first-order valence-electron chi connectivity index (χ1n) is 14.1. The van der Waals surface area contributed by atoms with Gasteiger partial charge in [-0.3, -0.25) is 0 Å². The van der Waals surface area contributed by atoms with Gasteiger partial charge in [0.15, 0.2) is 0 Å². The second kappa shape index (κ2) is 7.12. The van der Waals surface area contributed by atoms with Crippen LogP contribution in [0.15, 0.2) is 11.6 Å². The Morgan fingerprint density at radius 2 is 1.52 bits per heavy atom. The van der Waals surface area contributed by atoms with Crippen molar-refractivity contribution in [1.29, 1.82) is 0 Å². The van der Waals surface area contributed by atoms with Crippen molar-refractivity contribution in [2.45, 2.75) is 125 Å². The first kappa shape index (κ1) is 24.4. The largest absolute Gasteiger partial charge is 0.393 e. The Morgan fingerprint density at radius 1 is 0.848 bits per heavy atom. The SMILES string of the molecule is COC1C=C2C3CC(C)(C)CC[C@]3(C)CC[C@@]2(C)[C@]2(C)CCC3C(C)(C)C(O)CC[C@]3(C)C12. The quantitative estimate of drug-likeness (QED) is 0.408. The zero-order chi connectivity index (χ0) is 24.2. The maximum absolute atomic E-state index is 11.0. The topological polar surface area (TPSA) is 29.5 Å². The summed E-state index contributed by atoms with van der Waals surface area (Å²) in [5.74, 6) is 1.78. The molecular formula is C31H52O2. The molecule has 188 valence electrons. The Morgan fingerprint density at radius 3 is 2.18 bits per heavy atom. The van der Waals surface area contributed by atoms with Gasteiger partial charge in [0, 0.05) is 13.0 Å². The van der Waals surface area contributed by atoms with Crippen LogP contribution < -0.4 is 0 Å². The van der Waals surface area contributed by atoms with Gasteiger partial charge in [0.05, 0.1) is 12.2 Å². The molecule has 4 fully saturated rings. The molecule has 9 atom stereocenters. The normalized spacial score (nSPS) is 54.8. The average molecular weight is 457 g/mol. The van der Waals surface area contributed by atoms with E-state index in [4.69, 9.17) is 4.74 Å². The summed E-state index contributed by atoms with van der Waals surface area (Å²) in [7, 11) is 1.97. The minimum Gasteiger partial charge on any atom is -0.393 e. The Hall–Kier alpha value is -0.340. The first-order chi connectivity index (χ1) is 15.1. The second-order valence-corrected chi connectivity index (χ2v) is 15.6. The molecule has 0 spiro atoms. The zero-order valence-electron chi connectivity index (χ0n) is 23.2. The lowest BCUT2D eigenvalue weighted by Crippen LogP contribution is -2.67. The van der Waals surface area contributed by atoms with Crippen molar-refractivity contribution >= 4 is 0 Å². The summed E-state index contributed by atoms with van der Waals surface area (Å²) in [6.45, 7) is 20.2. The molecule has 0 bridgehead atoms. The number of rotatable bonds is 1. The van der Waals surface area contributed by atoms with E-state index in [1.807, 2.05) is 7.11 Å². The van der Waals surface area contributed by atoms with Crippen LogP contribution in [0.3, 0.4) is 0 Å². The van der Waals surface area contributed by atoms with E-state index in [0.29, 0.717) is 28.6 Å². The third kappa shape index (κ3) is 3.04. The van der Waals surface area contributed by atoms with Crippen LogP contribution in [0.1, 0.15) is 113 Å². The van der Waals surface area contributed by atoms with Gasteiger partial charge < -0.3 is 9.84 Å². The van der Waals surface area contributed by atoms with Gasteiger partial charge in [0.25, 0.3) is 0 Å². The molecule has 0 radical (unpaired) electrons. The van der Waals surface area contributed by atoms with Gasteiger partial charge in [-0.15, -0.1) is 0 Å². The molecule has 5 aliphatic carbocycles. The molecule has 0 aromatic carbocycles. The number of hydrogen-bond acceptors (Lipinski definition) is 2. The Balaban J connectivity index is 1.65. The number of aliphatic hydroxyl groups excluding tert-OH is 1. The zero-order valence-corrected chi connectivity index (χ0v) is 23.2. The van der Waals surface area contributed by atoms with E-state index in [9.17, 15) is 5.11 Å². The lowest BCUT2D eigenvalue weighted by molar-refractivity contribution is -0.228. The summed E-state index contributed by atoms with van der Waals surface area (Å²) in [6, 6.07) is 0. The van der Waals surface area contributed by atoms with Crippen LogP contribution in [-0.4, -0.2) is 24.4 Å². The summed E-state index contributed by atoms with van der Waals surface area (Å²) < 4.78 is 6.45. The van der Waals surface area contributed by atoms with Crippen molar-refractivity contribution in [2.24, 2.45) is 50.2 Å². The highest BCUT2D eigenvalue weighted by Crippen LogP contribution is 2.75. The first-order valence-corrected chi connectivity index (χ1v) is 14.1. The number of ether oxygens (including phenoxy) is 1. The fourth-order valence-corrected chi connectivity index (χ4v) is 10.8. The van der Waals surface area contributed by atoms with Crippen molar-refractivity contribution < 1.29 is 9.84 Å². The number of methoxy groups -OCH3 is 1. The van der Waals surface area contributed by atoms with E-state index in [1.54, 1.807) is 5.57 Å². The highest BCUT2D eigenvalue weighted by Gasteiger charge is 2.69. The van der Waals surface area contributed by atoms with E-state index in [0.717, 1.165) is 12.8 Å². The molecular weight excluding hydrogens is 404 g/mol. The maximum Gasteiger partial charge on any atom is 0.0793 e. The molecule has 33 heavy (non-hydrogen) atoms. The van der Waals surface area contributed by atoms with Crippen LogP contribution in [0.4, 0.5) is 0 Å². The smallest absolute Gasteiger partial charge is 0.0793 e. The Labute approximate surface area is 204 Å². The van der Waals surface area contributed by atoms with E-state index >= 15 is 0 Å². The van der Waals surface area contributed by atoms with Crippen LogP contribution in [0.25, 0.3) is 0 Å². The molecule has 1 N–H and O–H groups in total. The van der Waals surface area contributed by atoms with Gasteiger partial charge in [0.2, 0.25) is 0 Å². The number of aliphatic hydroxyl groups is 1. The third-order valence-corrected chi connectivity index (χ3v) is 13.2. The van der Waals surface area contributed by atoms with Gasteiger partial charge in [0.1, 0.15) is 0 Å². The molecule has 0 aliphatic heterocycles. The molecule has 5 rings (SSSR count). The molecule has 0 heterocycles. The van der Waals surface area contributed by atoms with Crippen molar-refractivity contribution in [3.8, 4) is 0 Å². The van der Waals surface area contributed by atoms with Gasteiger partial charge >= 0.3 is 0 Å². The molecule has 2 nitrogen and oxygen atoms in total. The summed E-state index contributed by atoms with van der Waals surface area (Å²) in [5.41, 5.74) is 3.39. The van der Waals surface area contributed by atoms with E-state index in [1.165, 1.54) is 44.9 Å². The van der Waals surface area contributed by atoms with E-state index in [-0.39, 0.29) is 33.9 Å². The van der Waals surface area contributed by atoms with Crippen molar-refractivity contribution in [1.82, 2.24) is 0 Å². The summed E-state index contributed by atoms with van der Waals surface area (Å²) in [4.78, 5) is 0. The third-order valence-electron chi connectivity index (χ3n) is 13.2. The fraction of sp³-hybridized carbons (Fsp3) is 0.935. The lowest BCUT2D eigenvalue weighted by atomic mass is 9.33. The fourth-order valence-electron chi connectivity index (χ4n) is 10.8. The van der Waals surface area contributed by atoms with Gasteiger partial charge in [-0.25, -0.2) is 0 Å².